The van der Waals surface area contributed by atoms with Crippen molar-refractivity contribution in [3.63, 3.8) is 0 Å². The summed E-state index contributed by atoms with van der Waals surface area (Å²) >= 11 is 0. The van der Waals surface area contributed by atoms with E-state index in [2.05, 4.69) is 0 Å². The molecule has 0 fully saturated rings. The highest BCUT2D eigenvalue weighted by Crippen LogP contribution is 2.19. The molecule has 0 bridgehead atoms. The molecule has 4 heteroatoms. The summed E-state index contributed by atoms with van der Waals surface area (Å²) in [6.07, 6.45) is 0.386. The maximum Gasteiger partial charge on any atom is 0.153 e. The lowest BCUT2D eigenvalue weighted by Gasteiger charge is -2.14. The van der Waals surface area contributed by atoms with Crippen molar-refractivity contribution in [2.24, 2.45) is 0 Å². The third-order valence-electron chi connectivity index (χ3n) is 1.83. The van der Waals surface area contributed by atoms with E-state index in [1.165, 1.54) is 12.1 Å². The number of ether oxygens (including phenoxy) is 2. The average Bonchev–Trinajstić information content (AvgIpc) is 2.21. The number of benzene rings is 1. The summed E-state index contributed by atoms with van der Waals surface area (Å²) < 4.78 is 23.1. The minimum atomic E-state index is -0.455. The van der Waals surface area contributed by atoms with Gasteiger partial charge in [-0.3, -0.25) is 4.79 Å². The Kier molecular flexibility index (Phi) is 4.24. The lowest BCUT2D eigenvalue weighted by atomic mass is 10.2. The first-order valence-corrected chi connectivity index (χ1v) is 4.57. The molecule has 0 aliphatic carbocycles. The van der Waals surface area contributed by atoms with Crippen molar-refractivity contribution in [1.82, 2.24) is 0 Å². The Hall–Kier alpha value is -1.42. The molecule has 3 nitrogen and oxygen atoms in total. The Balaban J connectivity index is 2.80. The van der Waals surface area contributed by atoms with Crippen LogP contribution in [0, 0.1) is 5.82 Å². The summed E-state index contributed by atoms with van der Waals surface area (Å²) in [5.74, 6) is -0.0835. The Bertz CT molecular complexity index is 339. The zero-order valence-corrected chi connectivity index (χ0v) is 8.70. The van der Waals surface area contributed by atoms with Crippen LogP contribution in [0.1, 0.15) is 17.3 Å². The molecular formula is C11H13FO3. The zero-order valence-electron chi connectivity index (χ0n) is 8.70. The van der Waals surface area contributed by atoms with Gasteiger partial charge in [0, 0.05) is 7.11 Å². The van der Waals surface area contributed by atoms with Crippen LogP contribution in [0.2, 0.25) is 0 Å². The largest absolute Gasteiger partial charge is 0.488 e. The number of hydrogen-bond donors (Lipinski definition) is 0. The number of carbonyl (C=O) groups excluding carboxylic acids is 1. The number of carbonyl (C=O) groups is 1. The molecule has 1 atom stereocenters. The van der Waals surface area contributed by atoms with Crippen LogP contribution in [0.3, 0.4) is 0 Å². The van der Waals surface area contributed by atoms with Crippen LogP contribution in [-0.4, -0.2) is 26.1 Å². The molecule has 1 rings (SSSR count). The van der Waals surface area contributed by atoms with Gasteiger partial charge >= 0.3 is 0 Å². The normalized spacial score (nSPS) is 12.2. The van der Waals surface area contributed by atoms with E-state index in [0.717, 1.165) is 6.07 Å². The van der Waals surface area contributed by atoms with E-state index in [4.69, 9.17) is 9.47 Å². The van der Waals surface area contributed by atoms with Gasteiger partial charge in [0.2, 0.25) is 0 Å². The van der Waals surface area contributed by atoms with Crippen molar-refractivity contribution in [2.75, 3.05) is 13.7 Å². The van der Waals surface area contributed by atoms with Gasteiger partial charge in [-0.25, -0.2) is 4.39 Å². The van der Waals surface area contributed by atoms with Gasteiger partial charge in [0.05, 0.1) is 12.2 Å². The Morgan fingerprint density at radius 1 is 1.53 bits per heavy atom. The van der Waals surface area contributed by atoms with Gasteiger partial charge < -0.3 is 9.47 Å². The van der Waals surface area contributed by atoms with Crippen LogP contribution in [0.25, 0.3) is 0 Å². The number of hydrogen-bond acceptors (Lipinski definition) is 3. The van der Waals surface area contributed by atoms with E-state index in [1.807, 2.05) is 0 Å². The van der Waals surface area contributed by atoms with Crippen LogP contribution in [0.15, 0.2) is 18.2 Å². The fourth-order valence-corrected chi connectivity index (χ4v) is 1.20. The molecule has 0 saturated heterocycles. The minimum absolute atomic E-state index is 0.181. The van der Waals surface area contributed by atoms with Crippen LogP contribution < -0.4 is 4.74 Å². The molecule has 0 saturated carbocycles. The molecule has 1 unspecified atom stereocenters. The Morgan fingerprint density at radius 2 is 2.27 bits per heavy atom. The summed E-state index contributed by atoms with van der Waals surface area (Å²) in [7, 11) is 1.56. The van der Waals surface area contributed by atoms with Crippen molar-refractivity contribution in [2.45, 2.75) is 13.0 Å². The molecule has 82 valence electrons. The second-order valence-corrected chi connectivity index (χ2v) is 3.18. The number of aldehydes is 1. The molecule has 0 aliphatic rings. The van der Waals surface area contributed by atoms with Crippen LogP contribution in [-0.2, 0) is 4.74 Å². The highest BCUT2D eigenvalue weighted by molar-refractivity contribution is 5.79. The van der Waals surface area contributed by atoms with Crippen molar-refractivity contribution in [3.05, 3.63) is 29.6 Å². The summed E-state index contributed by atoms with van der Waals surface area (Å²) in [6, 6.07) is 3.83. The maximum absolute atomic E-state index is 12.8. The van der Waals surface area contributed by atoms with E-state index in [0.29, 0.717) is 18.6 Å². The first-order valence-electron chi connectivity index (χ1n) is 4.57. The third kappa shape index (κ3) is 3.32. The molecule has 0 radical (unpaired) electrons. The van der Waals surface area contributed by atoms with Crippen LogP contribution in [0.5, 0.6) is 5.75 Å². The van der Waals surface area contributed by atoms with Crippen LogP contribution >= 0.6 is 0 Å². The molecule has 0 aromatic heterocycles. The molecule has 0 N–H and O–H groups in total. The second-order valence-electron chi connectivity index (χ2n) is 3.18. The topological polar surface area (TPSA) is 35.5 Å². The quantitative estimate of drug-likeness (QED) is 0.701. The molecular weight excluding hydrogens is 199 g/mol. The number of methoxy groups -OCH3 is 1. The SMILES string of the molecule is COCC(C)Oc1ccc(F)cc1C=O. The van der Waals surface area contributed by atoms with Crippen molar-refractivity contribution in [1.29, 1.82) is 0 Å². The summed E-state index contributed by atoms with van der Waals surface area (Å²) in [5, 5.41) is 0. The van der Waals surface area contributed by atoms with E-state index >= 15 is 0 Å². The molecule has 15 heavy (non-hydrogen) atoms. The molecule has 0 amide bonds. The molecule has 0 heterocycles. The van der Waals surface area contributed by atoms with Gasteiger partial charge in [-0.05, 0) is 25.1 Å². The fourth-order valence-electron chi connectivity index (χ4n) is 1.20. The summed E-state index contributed by atoms with van der Waals surface area (Å²) in [5.41, 5.74) is 0.206. The first kappa shape index (κ1) is 11.7. The summed E-state index contributed by atoms with van der Waals surface area (Å²) in [4.78, 5) is 10.6. The third-order valence-corrected chi connectivity index (χ3v) is 1.83. The Morgan fingerprint density at radius 3 is 2.87 bits per heavy atom. The van der Waals surface area contributed by atoms with Gasteiger partial charge in [-0.15, -0.1) is 0 Å². The van der Waals surface area contributed by atoms with Gasteiger partial charge in [-0.1, -0.05) is 0 Å². The minimum Gasteiger partial charge on any atom is -0.488 e. The average molecular weight is 212 g/mol. The predicted octanol–water partition coefficient (Wildman–Crippen LogP) is 2.05. The highest BCUT2D eigenvalue weighted by Gasteiger charge is 2.08. The van der Waals surface area contributed by atoms with Gasteiger partial charge in [0.15, 0.2) is 6.29 Å². The van der Waals surface area contributed by atoms with Crippen molar-refractivity contribution >= 4 is 6.29 Å². The van der Waals surface area contributed by atoms with E-state index in [9.17, 15) is 9.18 Å². The molecule has 1 aromatic rings. The molecule has 1 aromatic carbocycles. The first-order chi connectivity index (χ1) is 7.17. The smallest absolute Gasteiger partial charge is 0.153 e. The lowest BCUT2D eigenvalue weighted by molar-refractivity contribution is 0.0904. The van der Waals surface area contributed by atoms with Gasteiger partial charge in [-0.2, -0.15) is 0 Å². The van der Waals surface area contributed by atoms with Crippen LogP contribution in [0.4, 0.5) is 4.39 Å². The lowest BCUT2D eigenvalue weighted by Crippen LogP contribution is -2.18. The van der Waals surface area contributed by atoms with E-state index < -0.39 is 5.82 Å². The predicted molar refractivity (Wildman–Crippen MR) is 53.8 cm³/mol. The number of rotatable bonds is 5. The van der Waals surface area contributed by atoms with E-state index in [-0.39, 0.29) is 11.7 Å². The second kappa shape index (κ2) is 5.46. The molecule has 0 spiro atoms. The summed E-state index contributed by atoms with van der Waals surface area (Å²) in [6.45, 7) is 2.22. The standard InChI is InChI=1S/C11H13FO3/c1-8(7-14-2)15-11-4-3-10(12)5-9(11)6-13/h3-6,8H,7H2,1-2H3. The molecule has 0 aliphatic heterocycles. The monoisotopic (exact) mass is 212 g/mol. The van der Waals surface area contributed by atoms with Crippen molar-refractivity contribution in [3.8, 4) is 5.75 Å². The van der Waals surface area contributed by atoms with E-state index in [1.54, 1.807) is 14.0 Å². The number of halogens is 1. The highest BCUT2D eigenvalue weighted by atomic mass is 19.1. The van der Waals surface area contributed by atoms with Gasteiger partial charge in [0.1, 0.15) is 17.7 Å². The van der Waals surface area contributed by atoms with Gasteiger partial charge in [0.25, 0.3) is 0 Å². The van der Waals surface area contributed by atoms with Crippen molar-refractivity contribution < 1.29 is 18.7 Å². The zero-order chi connectivity index (χ0) is 11.3. The Labute approximate surface area is 87.8 Å². The fraction of sp³-hybridized carbons (Fsp3) is 0.364. The maximum atomic E-state index is 12.8.